The zero-order valence-corrected chi connectivity index (χ0v) is 17.7. The molecule has 4 saturated carbocycles. The Morgan fingerprint density at radius 2 is 1.86 bits per heavy atom. The van der Waals surface area contributed by atoms with Crippen LogP contribution in [-0.2, 0) is 16.1 Å². The number of aromatic nitrogens is 3. The molecule has 3 N–H and O–H groups in total. The van der Waals surface area contributed by atoms with Crippen LogP contribution < -0.4 is 11.1 Å². The molecule has 29 heavy (non-hydrogen) atoms. The number of nitrogens with zero attached hydrogens (tertiary/aromatic N) is 3. The molecular formula is C21H24BrN5O2. The number of benzene rings is 1. The van der Waals surface area contributed by atoms with Crippen LogP contribution >= 0.6 is 15.9 Å². The number of anilines is 3. The summed E-state index contributed by atoms with van der Waals surface area (Å²) in [7, 11) is 0. The number of nitrogens with one attached hydrogen (secondary N) is 1. The minimum Gasteiger partial charge on any atom is -0.457 e. The van der Waals surface area contributed by atoms with Gasteiger partial charge in [-0.2, -0.15) is 15.0 Å². The number of carbonyl (C=O) groups excluding carboxylic acids is 1. The van der Waals surface area contributed by atoms with Crippen LogP contribution in [0, 0.1) is 17.3 Å². The molecule has 4 aliphatic carbocycles. The Morgan fingerprint density at radius 3 is 2.55 bits per heavy atom. The van der Waals surface area contributed by atoms with Crippen molar-refractivity contribution in [3.63, 3.8) is 0 Å². The number of rotatable bonds is 5. The summed E-state index contributed by atoms with van der Waals surface area (Å²) in [5.41, 5.74) is 6.32. The lowest BCUT2D eigenvalue weighted by Crippen LogP contribution is -2.56. The molecule has 2 atom stereocenters. The number of esters is 1. The third kappa shape index (κ3) is 3.70. The van der Waals surface area contributed by atoms with Crippen LogP contribution in [0.25, 0.3) is 0 Å². The van der Waals surface area contributed by atoms with Gasteiger partial charge in [0, 0.05) is 10.0 Å². The van der Waals surface area contributed by atoms with Crippen molar-refractivity contribution >= 4 is 39.5 Å². The largest absolute Gasteiger partial charge is 0.457 e. The molecule has 7 nitrogen and oxygen atoms in total. The number of carbonyl (C=O) groups is 1. The number of para-hydroxylation sites is 1. The molecule has 0 radical (unpaired) electrons. The fourth-order valence-corrected chi connectivity index (χ4v) is 7.33. The second-order valence-corrected chi connectivity index (χ2v) is 10.6. The molecule has 0 amide bonds. The van der Waals surface area contributed by atoms with Gasteiger partial charge < -0.3 is 15.8 Å². The maximum atomic E-state index is 13.1. The number of hydrogen-bond acceptors (Lipinski definition) is 7. The second-order valence-electron chi connectivity index (χ2n) is 8.89. The van der Waals surface area contributed by atoms with Crippen molar-refractivity contribution in [3.05, 3.63) is 36.2 Å². The second kappa shape index (κ2) is 6.93. The van der Waals surface area contributed by atoms with Crippen LogP contribution in [0.3, 0.4) is 0 Å². The number of alkyl halides is 1. The molecule has 4 fully saturated rings. The van der Waals surface area contributed by atoms with Gasteiger partial charge in [0.1, 0.15) is 0 Å². The minimum atomic E-state index is -0.364. The Bertz CT molecular complexity index is 924. The van der Waals surface area contributed by atoms with Gasteiger partial charge in [-0.3, -0.25) is 4.79 Å². The van der Waals surface area contributed by atoms with E-state index in [1.807, 2.05) is 30.3 Å². The van der Waals surface area contributed by atoms with Crippen LogP contribution in [0.4, 0.5) is 17.6 Å². The fourth-order valence-electron chi connectivity index (χ4n) is 5.88. The SMILES string of the molecule is Nc1nc(COC(=O)C23C[C@H]4C[C@@H](CC(Br)(C4)C2)C3)nc(Nc2ccccc2)n1. The molecule has 1 heterocycles. The van der Waals surface area contributed by atoms with Gasteiger partial charge in [0.15, 0.2) is 12.4 Å². The maximum Gasteiger partial charge on any atom is 0.312 e. The molecule has 152 valence electrons. The summed E-state index contributed by atoms with van der Waals surface area (Å²) in [6, 6.07) is 9.57. The summed E-state index contributed by atoms with van der Waals surface area (Å²) in [5, 5.41) is 3.10. The van der Waals surface area contributed by atoms with Gasteiger partial charge >= 0.3 is 5.97 Å². The minimum absolute atomic E-state index is 0.00138. The molecule has 4 bridgehead atoms. The van der Waals surface area contributed by atoms with Crippen LogP contribution in [0.1, 0.15) is 44.3 Å². The van der Waals surface area contributed by atoms with Crippen molar-refractivity contribution in [2.75, 3.05) is 11.1 Å². The highest BCUT2D eigenvalue weighted by atomic mass is 79.9. The van der Waals surface area contributed by atoms with E-state index in [1.165, 1.54) is 19.3 Å². The predicted molar refractivity (Wildman–Crippen MR) is 113 cm³/mol. The average molecular weight is 458 g/mol. The van der Waals surface area contributed by atoms with E-state index < -0.39 is 0 Å². The predicted octanol–water partition coefficient (Wildman–Crippen LogP) is 3.97. The van der Waals surface area contributed by atoms with Crippen molar-refractivity contribution in [2.24, 2.45) is 17.3 Å². The van der Waals surface area contributed by atoms with E-state index in [0.29, 0.717) is 23.6 Å². The number of hydrogen-bond donors (Lipinski definition) is 2. The van der Waals surface area contributed by atoms with Gasteiger partial charge in [0.2, 0.25) is 11.9 Å². The summed E-state index contributed by atoms with van der Waals surface area (Å²) in [6.45, 7) is 0.00138. The zero-order chi connectivity index (χ0) is 20.1. The molecule has 8 heteroatoms. The van der Waals surface area contributed by atoms with E-state index in [1.54, 1.807) is 0 Å². The first kappa shape index (κ1) is 18.8. The van der Waals surface area contributed by atoms with Gasteiger partial charge in [-0.05, 0) is 62.5 Å². The highest BCUT2D eigenvalue weighted by Gasteiger charge is 2.60. The molecule has 0 saturated heterocycles. The molecule has 4 aliphatic rings. The first-order valence-corrected chi connectivity index (χ1v) is 10.9. The van der Waals surface area contributed by atoms with Crippen molar-refractivity contribution in [3.8, 4) is 0 Å². The molecule has 0 aliphatic heterocycles. The Morgan fingerprint density at radius 1 is 1.14 bits per heavy atom. The van der Waals surface area contributed by atoms with E-state index in [2.05, 4.69) is 36.2 Å². The summed E-state index contributed by atoms with van der Waals surface area (Å²) in [6.07, 6.45) is 6.35. The van der Waals surface area contributed by atoms with Crippen LogP contribution in [0.15, 0.2) is 30.3 Å². The summed E-state index contributed by atoms with van der Waals surface area (Å²) in [4.78, 5) is 25.7. The summed E-state index contributed by atoms with van der Waals surface area (Å²) < 4.78 is 5.83. The van der Waals surface area contributed by atoms with Crippen molar-refractivity contribution in [1.82, 2.24) is 15.0 Å². The monoisotopic (exact) mass is 457 g/mol. The molecule has 1 aromatic heterocycles. The molecule has 2 aromatic rings. The van der Waals surface area contributed by atoms with E-state index in [9.17, 15) is 4.79 Å². The Labute approximate surface area is 178 Å². The van der Waals surface area contributed by atoms with Crippen molar-refractivity contribution in [2.45, 2.75) is 49.5 Å². The number of ether oxygens (including phenoxy) is 1. The van der Waals surface area contributed by atoms with Gasteiger partial charge in [0.05, 0.1) is 5.41 Å². The average Bonchev–Trinajstić information content (AvgIpc) is 2.64. The molecule has 6 rings (SSSR count). The highest BCUT2D eigenvalue weighted by molar-refractivity contribution is 9.10. The standard InChI is InChI=1S/C21H24BrN5O2/c22-21-9-13-6-14(10-21)8-20(7-13,12-21)17(28)29-11-16-25-18(23)27-19(26-16)24-15-4-2-1-3-5-15/h1-5,13-14H,6-12H2,(H3,23,24,25,26,27)/t13-,14-,20?,21?/m1/s1. The molecule has 1 aromatic carbocycles. The third-order valence-corrected chi connectivity index (χ3v) is 7.41. The van der Waals surface area contributed by atoms with Crippen molar-refractivity contribution in [1.29, 1.82) is 0 Å². The third-order valence-electron chi connectivity index (χ3n) is 6.48. The lowest BCUT2D eigenvalue weighted by atomic mass is 9.49. The fraction of sp³-hybridized carbons (Fsp3) is 0.524. The Hall–Kier alpha value is -2.22. The van der Waals surface area contributed by atoms with Gasteiger partial charge in [-0.25, -0.2) is 0 Å². The topological polar surface area (TPSA) is 103 Å². The normalized spacial score (nSPS) is 32.2. The summed E-state index contributed by atoms with van der Waals surface area (Å²) in [5.74, 6) is 1.91. The van der Waals surface area contributed by atoms with Gasteiger partial charge in [0.25, 0.3) is 0 Å². The smallest absolute Gasteiger partial charge is 0.312 e. The number of nitrogens with two attached hydrogens (primary N) is 1. The lowest BCUT2D eigenvalue weighted by molar-refractivity contribution is -0.171. The first-order chi connectivity index (χ1) is 13.9. The van der Waals surface area contributed by atoms with E-state index in [4.69, 9.17) is 10.5 Å². The van der Waals surface area contributed by atoms with Gasteiger partial charge in [-0.1, -0.05) is 34.1 Å². The summed E-state index contributed by atoms with van der Waals surface area (Å²) >= 11 is 3.94. The zero-order valence-electron chi connectivity index (χ0n) is 16.1. The Kier molecular flexibility index (Phi) is 4.49. The molecule has 0 spiro atoms. The van der Waals surface area contributed by atoms with Crippen LogP contribution in [0.2, 0.25) is 0 Å². The van der Waals surface area contributed by atoms with E-state index in [0.717, 1.165) is 24.9 Å². The maximum absolute atomic E-state index is 13.1. The van der Waals surface area contributed by atoms with Gasteiger partial charge in [-0.15, -0.1) is 0 Å². The molecular weight excluding hydrogens is 434 g/mol. The Balaban J connectivity index is 1.28. The van der Waals surface area contributed by atoms with Crippen LogP contribution in [-0.4, -0.2) is 25.2 Å². The number of halogens is 1. The highest BCUT2D eigenvalue weighted by Crippen LogP contribution is 2.64. The van der Waals surface area contributed by atoms with E-state index in [-0.39, 0.29) is 28.3 Å². The van der Waals surface area contributed by atoms with E-state index >= 15 is 0 Å². The molecule has 0 unspecified atom stereocenters. The first-order valence-electron chi connectivity index (χ1n) is 10.1. The van der Waals surface area contributed by atoms with Crippen molar-refractivity contribution < 1.29 is 9.53 Å². The quantitative estimate of drug-likeness (QED) is 0.516. The van der Waals surface area contributed by atoms with Crippen LogP contribution in [0.5, 0.6) is 0 Å². The number of nitrogen functional groups attached to an aromatic ring is 1. The lowest BCUT2D eigenvalue weighted by Gasteiger charge is -2.58.